The number of rotatable bonds is 0. The predicted molar refractivity (Wildman–Crippen MR) is 101 cm³/mol. The Hall–Kier alpha value is -2.37. The fourth-order valence-electron chi connectivity index (χ4n) is 3.88. The summed E-state index contributed by atoms with van der Waals surface area (Å²) in [5, 5.41) is 10.8. The summed E-state index contributed by atoms with van der Waals surface area (Å²) in [5.41, 5.74) is 2.85. The Labute approximate surface area is 154 Å². The third kappa shape index (κ3) is 3.20. The average Bonchev–Trinajstić information content (AvgIpc) is 3.19. The second-order valence-electron chi connectivity index (χ2n) is 8.40. The van der Waals surface area contributed by atoms with Crippen LogP contribution in [0.4, 0.5) is 11.6 Å². The summed E-state index contributed by atoms with van der Waals surface area (Å²) in [4.78, 5) is 19.8. The molecule has 4 heterocycles. The van der Waals surface area contributed by atoms with Crippen LogP contribution in [0, 0.1) is 11.3 Å². The van der Waals surface area contributed by atoms with Gasteiger partial charge >= 0.3 is 0 Å². The van der Waals surface area contributed by atoms with Crippen molar-refractivity contribution in [2.75, 3.05) is 5.32 Å². The number of carbonyl (C=O) groups excluding carboxylic acids is 1. The van der Waals surface area contributed by atoms with E-state index in [0.29, 0.717) is 19.0 Å². The van der Waals surface area contributed by atoms with Gasteiger partial charge in [-0.2, -0.15) is 5.10 Å². The number of fused-ring (bicyclic) bond motifs is 3. The van der Waals surface area contributed by atoms with E-state index in [1.807, 2.05) is 17.0 Å². The average molecular weight is 353 g/mol. The highest BCUT2D eigenvalue weighted by molar-refractivity contribution is 5.83. The fourth-order valence-corrected chi connectivity index (χ4v) is 3.88. The van der Waals surface area contributed by atoms with E-state index < -0.39 is 0 Å². The molecule has 0 radical (unpaired) electrons. The molecule has 1 amide bonds. The highest BCUT2D eigenvalue weighted by Gasteiger charge is 2.36. The lowest BCUT2D eigenvalue weighted by Crippen LogP contribution is -2.38. The molecule has 2 aromatic heterocycles. The first-order valence-electron chi connectivity index (χ1n) is 9.51. The maximum absolute atomic E-state index is 13.1. The minimum atomic E-state index is -0.339. The molecular formula is C20H27N5O. The van der Waals surface area contributed by atoms with Gasteiger partial charge in [-0.05, 0) is 43.7 Å². The number of nitrogens with one attached hydrogen (secondary N) is 2. The van der Waals surface area contributed by atoms with Gasteiger partial charge in [-0.15, -0.1) is 0 Å². The molecule has 2 aliphatic rings. The minimum absolute atomic E-state index is 0.230. The van der Waals surface area contributed by atoms with Gasteiger partial charge in [0.1, 0.15) is 5.82 Å². The third-order valence-electron chi connectivity index (χ3n) is 5.73. The smallest absolute Gasteiger partial charge is 0.228 e. The number of hydrogen-bond donors (Lipinski definition) is 2. The van der Waals surface area contributed by atoms with Gasteiger partial charge in [0.05, 0.1) is 18.8 Å². The lowest BCUT2D eigenvalue weighted by atomic mass is 9.82. The zero-order valence-corrected chi connectivity index (χ0v) is 15.8. The fraction of sp³-hybridized carbons (Fsp3) is 0.550. The number of H-pyrrole nitrogens is 1. The minimum Gasteiger partial charge on any atom is -0.332 e. The van der Waals surface area contributed by atoms with Crippen molar-refractivity contribution in [3.63, 3.8) is 0 Å². The topological polar surface area (TPSA) is 73.9 Å². The van der Waals surface area contributed by atoms with Crippen LogP contribution in [0.25, 0.3) is 0 Å². The Balaban J connectivity index is 1.67. The van der Waals surface area contributed by atoms with Gasteiger partial charge in [-0.3, -0.25) is 9.89 Å². The number of carbonyl (C=O) groups is 1. The first kappa shape index (κ1) is 17.1. The summed E-state index contributed by atoms with van der Waals surface area (Å²) in [5.74, 6) is 2.39. The second kappa shape index (κ2) is 6.41. The Morgan fingerprint density at radius 2 is 2.08 bits per heavy atom. The number of nitrogens with zero attached hydrogens (tertiary/aromatic N) is 3. The van der Waals surface area contributed by atoms with Gasteiger partial charge in [-0.25, -0.2) is 4.98 Å². The Kier molecular flexibility index (Phi) is 4.21. The van der Waals surface area contributed by atoms with Crippen LogP contribution in [0.2, 0.25) is 0 Å². The molecule has 2 aliphatic heterocycles. The van der Waals surface area contributed by atoms with E-state index in [1.165, 1.54) is 0 Å². The molecule has 2 aromatic rings. The molecule has 6 nitrogen and oxygen atoms in total. The van der Waals surface area contributed by atoms with Gasteiger partial charge < -0.3 is 10.2 Å². The molecule has 138 valence electrons. The first-order chi connectivity index (χ1) is 12.4. The van der Waals surface area contributed by atoms with Crippen LogP contribution in [0.1, 0.15) is 57.0 Å². The molecule has 1 unspecified atom stereocenters. The molecule has 6 heteroatoms. The van der Waals surface area contributed by atoms with Crippen molar-refractivity contribution in [2.24, 2.45) is 11.3 Å². The van der Waals surface area contributed by atoms with Crippen molar-refractivity contribution < 1.29 is 4.79 Å². The van der Waals surface area contributed by atoms with Gasteiger partial charge in [0, 0.05) is 16.7 Å². The molecule has 0 saturated heterocycles. The molecule has 26 heavy (non-hydrogen) atoms. The molecule has 4 rings (SSSR count). The molecule has 4 bridgehead atoms. The number of amides is 1. The summed E-state index contributed by atoms with van der Waals surface area (Å²) in [6.07, 6.45) is 4.01. The van der Waals surface area contributed by atoms with Gasteiger partial charge in [0.2, 0.25) is 5.91 Å². The molecule has 0 saturated carbocycles. The number of aromatic nitrogens is 3. The summed E-state index contributed by atoms with van der Waals surface area (Å²) in [6, 6.07) is 6.09. The maximum atomic E-state index is 13.1. The highest BCUT2D eigenvalue weighted by atomic mass is 16.2. The summed E-state index contributed by atoms with van der Waals surface area (Å²) < 4.78 is 0. The van der Waals surface area contributed by atoms with E-state index in [4.69, 9.17) is 4.98 Å². The molecule has 0 aliphatic carbocycles. The first-order valence-corrected chi connectivity index (χ1v) is 9.51. The van der Waals surface area contributed by atoms with E-state index in [9.17, 15) is 4.79 Å². The van der Waals surface area contributed by atoms with Crippen LogP contribution in [-0.2, 0) is 24.3 Å². The predicted octanol–water partition coefficient (Wildman–Crippen LogP) is 3.78. The number of pyridine rings is 1. The molecule has 0 fully saturated rings. The summed E-state index contributed by atoms with van der Waals surface area (Å²) in [7, 11) is 0. The van der Waals surface area contributed by atoms with Gasteiger partial charge in [-0.1, -0.05) is 26.8 Å². The van der Waals surface area contributed by atoms with Crippen LogP contribution >= 0.6 is 0 Å². The Morgan fingerprint density at radius 1 is 1.23 bits per heavy atom. The van der Waals surface area contributed by atoms with Crippen molar-refractivity contribution >= 4 is 17.5 Å². The van der Waals surface area contributed by atoms with E-state index in [2.05, 4.69) is 42.4 Å². The van der Waals surface area contributed by atoms with Crippen LogP contribution in [0.3, 0.4) is 0 Å². The van der Waals surface area contributed by atoms with Gasteiger partial charge in [0.15, 0.2) is 5.82 Å². The lowest BCUT2D eigenvalue weighted by Gasteiger charge is -2.30. The summed E-state index contributed by atoms with van der Waals surface area (Å²) >= 11 is 0. The maximum Gasteiger partial charge on any atom is 0.228 e. The summed E-state index contributed by atoms with van der Waals surface area (Å²) in [6.45, 7) is 7.64. The standard InChI is InChI=1S/C20H27N5O/c1-13-7-8-14-5-4-6-17(21-14)22-18-15-11-25(12-16(15)23-24-18)19(26)20(2,3)10-9-13/h4-6,13H,7-12H2,1-3H3,(H2,21,22,23,24). The number of anilines is 2. The molecule has 0 aromatic carbocycles. The van der Waals surface area contributed by atoms with E-state index in [1.54, 1.807) is 0 Å². The third-order valence-corrected chi connectivity index (χ3v) is 5.73. The second-order valence-corrected chi connectivity index (χ2v) is 8.40. The van der Waals surface area contributed by atoms with Crippen LogP contribution in [0.15, 0.2) is 18.2 Å². The van der Waals surface area contributed by atoms with Crippen LogP contribution < -0.4 is 5.32 Å². The normalized spacial score (nSPS) is 22.5. The Morgan fingerprint density at radius 3 is 2.92 bits per heavy atom. The van der Waals surface area contributed by atoms with Crippen molar-refractivity contribution in [2.45, 2.75) is 59.5 Å². The lowest BCUT2D eigenvalue weighted by molar-refractivity contribution is -0.141. The van der Waals surface area contributed by atoms with Gasteiger partial charge in [0.25, 0.3) is 0 Å². The van der Waals surface area contributed by atoms with E-state index in [-0.39, 0.29) is 11.3 Å². The van der Waals surface area contributed by atoms with Crippen molar-refractivity contribution in [3.8, 4) is 0 Å². The number of aryl methyl sites for hydroxylation is 1. The molecular weight excluding hydrogens is 326 g/mol. The quantitative estimate of drug-likeness (QED) is 0.756. The van der Waals surface area contributed by atoms with Crippen molar-refractivity contribution in [3.05, 3.63) is 35.2 Å². The zero-order valence-electron chi connectivity index (χ0n) is 15.8. The molecule has 0 spiro atoms. The largest absolute Gasteiger partial charge is 0.332 e. The van der Waals surface area contributed by atoms with E-state index in [0.717, 1.165) is 54.3 Å². The van der Waals surface area contributed by atoms with Crippen LogP contribution in [0.5, 0.6) is 0 Å². The Bertz CT molecular complexity index is 825. The van der Waals surface area contributed by atoms with Crippen molar-refractivity contribution in [1.82, 2.24) is 20.1 Å². The van der Waals surface area contributed by atoms with E-state index >= 15 is 0 Å². The van der Waals surface area contributed by atoms with Crippen LogP contribution in [-0.4, -0.2) is 26.0 Å². The van der Waals surface area contributed by atoms with Crippen molar-refractivity contribution in [1.29, 1.82) is 0 Å². The number of hydrogen-bond acceptors (Lipinski definition) is 4. The SMILES string of the molecule is CC1CCc2cccc(n2)Nc2n[nH]c3c2CN(C3)C(=O)C(C)(C)CC1. The highest BCUT2D eigenvalue weighted by Crippen LogP contribution is 2.35. The molecule has 2 N–H and O–H groups in total. The monoisotopic (exact) mass is 353 g/mol. The number of aromatic amines is 1. The zero-order chi connectivity index (χ0) is 18.3. The molecule has 1 atom stereocenters.